The zero-order chi connectivity index (χ0) is 25.9. The number of carbonyl (C=O) groups is 2. The first kappa shape index (κ1) is 27.0. The summed E-state index contributed by atoms with van der Waals surface area (Å²) >= 11 is 12.1. The third-order valence-electron chi connectivity index (χ3n) is 5.06. The number of halogens is 2. The number of nitrogens with zero attached hydrogens (tertiary/aromatic N) is 1. The summed E-state index contributed by atoms with van der Waals surface area (Å²) in [7, 11) is 0. The summed E-state index contributed by atoms with van der Waals surface area (Å²) in [6, 6.07) is 20.5. The van der Waals surface area contributed by atoms with Gasteiger partial charge < -0.3 is 14.8 Å². The highest BCUT2D eigenvalue weighted by Gasteiger charge is 2.25. The van der Waals surface area contributed by atoms with Crippen LogP contribution in [0, 0.1) is 0 Å². The number of carbonyl (C=O) groups excluding carboxylic acids is 2. The molecule has 2 N–H and O–H groups in total. The number of benzene rings is 3. The van der Waals surface area contributed by atoms with Gasteiger partial charge >= 0.3 is 0 Å². The van der Waals surface area contributed by atoms with E-state index in [9.17, 15) is 9.59 Å². The summed E-state index contributed by atoms with van der Waals surface area (Å²) in [6.07, 6.45) is 0.872. The van der Waals surface area contributed by atoms with Gasteiger partial charge in [-0.3, -0.25) is 9.59 Å². The summed E-state index contributed by atoms with van der Waals surface area (Å²) in [5, 5.41) is 7.53. The molecule has 0 aliphatic rings. The second-order valence-electron chi connectivity index (χ2n) is 7.82. The monoisotopic (exact) mass is 527 g/mol. The normalized spacial score (nSPS) is 12.6. The largest absolute Gasteiger partial charge is 0.494 e. The molecule has 2 atom stereocenters. The summed E-state index contributed by atoms with van der Waals surface area (Å²) < 4.78 is 11.1. The number of hydrazone groups is 1. The van der Waals surface area contributed by atoms with Crippen LogP contribution in [0.15, 0.2) is 77.9 Å². The Morgan fingerprint density at radius 2 is 1.72 bits per heavy atom. The highest BCUT2D eigenvalue weighted by atomic mass is 35.5. The van der Waals surface area contributed by atoms with E-state index in [0.29, 0.717) is 17.4 Å². The first-order valence-corrected chi connectivity index (χ1v) is 12.1. The summed E-state index contributed by atoms with van der Waals surface area (Å²) in [5.41, 5.74) is 4.17. The van der Waals surface area contributed by atoms with Gasteiger partial charge in [0.1, 0.15) is 17.5 Å². The molecule has 0 saturated heterocycles. The van der Waals surface area contributed by atoms with Gasteiger partial charge in [-0.15, -0.1) is 0 Å². The fraction of sp³-hybridized carbons (Fsp3) is 0.222. The minimum absolute atomic E-state index is 0.269. The van der Waals surface area contributed by atoms with Crippen molar-refractivity contribution in [3.63, 3.8) is 0 Å². The second-order valence-corrected chi connectivity index (χ2v) is 8.67. The highest BCUT2D eigenvalue weighted by molar-refractivity contribution is 6.35. The van der Waals surface area contributed by atoms with E-state index in [4.69, 9.17) is 32.7 Å². The van der Waals surface area contributed by atoms with Gasteiger partial charge in [0.2, 0.25) is 0 Å². The Balaban J connectivity index is 1.66. The van der Waals surface area contributed by atoms with Crippen LogP contribution in [0.1, 0.15) is 25.0 Å². The van der Waals surface area contributed by atoms with Gasteiger partial charge in [0, 0.05) is 11.4 Å². The van der Waals surface area contributed by atoms with Gasteiger partial charge in [-0.2, -0.15) is 5.10 Å². The van der Waals surface area contributed by atoms with Crippen molar-refractivity contribution in [2.75, 3.05) is 6.61 Å². The van der Waals surface area contributed by atoms with Gasteiger partial charge in [-0.05, 0) is 67.4 Å². The lowest BCUT2D eigenvalue weighted by Crippen LogP contribution is -2.50. The molecule has 3 aromatic carbocycles. The van der Waals surface area contributed by atoms with Crippen LogP contribution in [0.2, 0.25) is 10.0 Å². The molecule has 36 heavy (non-hydrogen) atoms. The first-order chi connectivity index (χ1) is 17.4. The quantitative estimate of drug-likeness (QED) is 0.270. The Hall–Kier alpha value is -3.55. The maximum absolute atomic E-state index is 12.9. The van der Waals surface area contributed by atoms with E-state index in [-0.39, 0.29) is 11.4 Å². The van der Waals surface area contributed by atoms with E-state index in [1.165, 1.54) is 12.3 Å². The van der Waals surface area contributed by atoms with E-state index in [0.717, 1.165) is 16.9 Å². The molecule has 0 heterocycles. The summed E-state index contributed by atoms with van der Waals surface area (Å²) in [4.78, 5) is 25.8. The van der Waals surface area contributed by atoms with E-state index in [2.05, 4.69) is 15.8 Å². The molecule has 0 aromatic heterocycles. The number of hydrogen-bond donors (Lipinski definition) is 2. The molecule has 188 valence electrons. The third-order valence-corrected chi connectivity index (χ3v) is 5.59. The molecule has 0 aliphatic heterocycles. The van der Waals surface area contributed by atoms with Crippen LogP contribution in [-0.4, -0.2) is 36.8 Å². The summed E-state index contributed by atoms with van der Waals surface area (Å²) in [6.45, 7) is 4.06. The van der Waals surface area contributed by atoms with Gasteiger partial charge in [0.05, 0.1) is 17.8 Å². The molecule has 3 rings (SSSR count). The number of nitrogens with one attached hydrogen (secondary N) is 2. The van der Waals surface area contributed by atoms with Gasteiger partial charge in [0.25, 0.3) is 11.8 Å². The summed E-state index contributed by atoms with van der Waals surface area (Å²) in [5.74, 6) is 0.118. The molecule has 0 aliphatic carbocycles. The predicted octanol–water partition coefficient (Wildman–Crippen LogP) is 5.04. The lowest BCUT2D eigenvalue weighted by atomic mass is 10.1. The average molecular weight is 528 g/mol. The number of amides is 2. The molecule has 2 amide bonds. The topological polar surface area (TPSA) is 89.0 Å². The van der Waals surface area contributed by atoms with Crippen molar-refractivity contribution in [3.8, 4) is 11.5 Å². The molecule has 7 nitrogen and oxygen atoms in total. The van der Waals surface area contributed by atoms with Crippen LogP contribution in [0.4, 0.5) is 0 Å². The van der Waals surface area contributed by atoms with Gasteiger partial charge in [-0.25, -0.2) is 5.43 Å². The minimum Gasteiger partial charge on any atom is -0.494 e. The van der Waals surface area contributed by atoms with Crippen molar-refractivity contribution >= 4 is 41.2 Å². The molecule has 0 spiro atoms. The Kier molecular flexibility index (Phi) is 10.2. The second kappa shape index (κ2) is 13.5. The van der Waals surface area contributed by atoms with Crippen molar-refractivity contribution < 1.29 is 19.1 Å². The van der Waals surface area contributed by atoms with Crippen LogP contribution in [0.3, 0.4) is 0 Å². The van der Waals surface area contributed by atoms with Crippen LogP contribution >= 0.6 is 23.2 Å². The number of rotatable bonds is 11. The fourth-order valence-electron chi connectivity index (χ4n) is 3.23. The Morgan fingerprint density at radius 1 is 1.00 bits per heavy atom. The lowest BCUT2D eigenvalue weighted by molar-refractivity contribution is -0.132. The van der Waals surface area contributed by atoms with Crippen LogP contribution in [0.25, 0.3) is 0 Å². The van der Waals surface area contributed by atoms with E-state index in [1.807, 2.05) is 61.5 Å². The average Bonchev–Trinajstić information content (AvgIpc) is 2.87. The van der Waals surface area contributed by atoms with E-state index in [1.54, 1.807) is 19.1 Å². The molecule has 0 unspecified atom stereocenters. The van der Waals surface area contributed by atoms with E-state index >= 15 is 0 Å². The molecule has 0 saturated carbocycles. The molecule has 9 heteroatoms. The van der Waals surface area contributed by atoms with Crippen molar-refractivity contribution in [2.24, 2.45) is 5.10 Å². The Morgan fingerprint density at radius 3 is 2.39 bits per heavy atom. The standard InChI is InChI=1S/C27H27Cl2N3O4/c1-3-35-22-12-9-20(10-13-22)17-30-32-27(34)24(15-19-7-5-4-6-8-19)31-26(33)18(2)36-25-14-11-21(28)16-23(25)29/h4-14,16-18,24H,3,15H2,1-2H3,(H,31,33)(H,32,34)/b30-17-/t18-,24-/m1/s1. The van der Waals surface area contributed by atoms with E-state index < -0.39 is 24.0 Å². The SMILES string of the molecule is CCOc1ccc(/C=N\NC(=O)[C@@H](Cc2ccccc2)NC(=O)[C@@H](C)Oc2ccc(Cl)cc2Cl)cc1. The minimum atomic E-state index is -0.915. The van der Waals surface area contributed by atoms with Gasteiger partial charge in [-0.1, -0.05) is 53.5 Å². The molecule has 0 fully saturated rings. The Bertz CT molecular complexity index is 1190. The van der Waals surface area contributed by atoms with Crippen LogP contribution in [0.5, 0.6) is 11.5 Å². The maximum Gasteiger partial charge on any atom is 0.262 e. The van der Waals surface area contributed by atoms with Crippen molar-refractivity contribution in [1.29, 1.82) is 0 Å². The molecule has 0 bridgehead atoms. The third kappa shape index (κ3) is 8.29. The number of ether oxygens (including phenoxy) is 2. The molecule has 0 radical (unpaired) electrons. The zero-order valence-electron chi connectivity index (χ0n) is 19.9. The van der Waals surface area contributed by atoms with Crippen molar-refractivity contribution in [2.45, 2.75) is 32.4 Å². The van der Waals surface area contributed by atoms with Crippen molar-refractivity contribution in [3.05, 3.63) is 94.0 Å². The lowest BCUT2D eigenvalue weighted by Gasteiger charge is -2.21. The highest BCUT2D eigenvalue weighted by Crippen LogP contribution is 2.28. The molecular weight excluding hydrogens is 501 g/mol. The molecule has 3 aromatic rings. The smallest absolute Gasteiger partial charge is 0.262 e. The van der Waals surface area contributed by atoms with Gasteiger partial charge in [0.15, 0.2) is 6.10 Å². The first-order valence-electron chi connectivity index (χ1n) is 11.4. The van der Waals surface area contributed by atoms with Crippen LogP contribution < -0.4 is 20.2 Å². The van der Waals surface area contributed by atoms with Crippen LogP contribution in [-0.2, 0) is 16.0 Å². The number of hydrogen-bond acceptors (Lipinski definition) is 5. The Labute approximate surface area is 220 Å². The maximum atomic E-state index is 12.9. The van der Waals surface area contributed by atoms with Crippen molar-refractivity contribution in [1.82, 2.24) is 10.7 Å². The molecular formula is C27H27Cl2N3O4. The predicted molar refractivity (Wildman–Crippen MR) is 142 cm³/mol. The zero-order valence-corrected chi connectivity index (χ0v) is 21.4. The fourth-order valence-corrected chi connectivity index (χ4v) is 3.68.